The van der Waals surface area contributed by atoms with Gasteiger partial charge < -0.3 is 4.74 Å². The molecule has 0 atom stereocenters. The number of anilines is 1. The summed E-state index contributed by atoms with van der Waals surface area (Å²) in [4.78, 5) is 12.8. The van der Waals surface area contributed by atoms with E-state index in [0.29, 0.717) is 33.3 Å². The molecule has 1 aliphatic heterocycles. The Hall–Kier alpha value is -2.62. The Morgan fingerprint density at radius 3 is 2.73 bits per heavy atom. The minimum Gasteiger partial charge on any atom is -0.478 e. The van der Waals surface area contributed by atoms with Crippen molar-refractivity contribution in [3.8, 4) is 11.8 Å². The maximum atomic E-state index is 12.8. The number of rotatable bonds is 4. The molecule has 0 saturated carbocycles. The van der Waals surface area contributed by atoms with Crippen LogP contribution in [0.5, 0.6) is 5.75 Å². The van der Waals surface area contributed by atoms with E-state index in [0.717, 1.165) is 4.47 Å². The van der Waals surface area contributed by atoms with Gasteiger partial charge in [-0.3, -0.25) is 4.79 Å². The number of amides is 1. The molecule has 0 bridgehead atoms. The Kier molecular flexibility index (Phi) is 5.40. The molecule has 1 aliphatic rings. The van der Waals surface area contributed by atoms with Crippen LogP contribution in [0.3, 0.4) is 0 Å². The Bertz CT molecular complexity index is 962. The summed E-state index contributed by atoms with van der Waals surface area (Å²) in [5.41, 5.74) is 2.37. The van der Waals surface area contributed by atoms with Gasteiger partial charge in [-0.25, -0.2) is 0 Å². The van der Waals surface area contributed by atoms with Gasteiger partial charge in [0.15, 0.2) is 6.61 Å². The zero-order valence-corrected chi connectivity index (χ0v) is 16.1. The van der Waals surface area contributed by atoms with Gasteiger partial charge in [0, 0.05) is 15.1 Å². The highest BCUT2D eigenvalue weighted by atomic mass is 79.9. The summed E-state index contributed by atoms with van der Waals surface area (Å²) in [7, 11) is 0. The minimum atomic E-state index is -0.240. The highest BCUT2D eigenvalue weighted by Crippen LogP contribution is 2.30. The van der Waals surface area contributed by atoms with Crippen molar-refractivity contribution < 1.29 is 9.53 Å². The number of hydrazone groups is 1. The van der Waals surface area contributed by atoms with E-state index >= 15 is 0 Å². The molecule has 0 fully saturated rings. The molecule has 2 aromatic carbocycles. The van der Waals surface area contributed by atoms with Gasteiger partial charge in [-0.1, -0.05) is 27.5 Å². The van der Waals surface area contributed by atoms with Gasteiger partial charge in [0.25, 0.3) is 5.91 Å². The standard InChI is InChI=1S/C19H13BrClN3O2/c1-12-17(11-13-10-14(20)2-7-18(13)26-9-8-22)19(25)24(23-12)16-5-3-15(21)4-6-16/h2-7,10-11H,9H2,1H3/b17-11+. The fraction of sp³-hybridized carbons (Fsp3) is 0.105. The number of carbonyl (C=O) groups is 1. The number of hydrogen-bond donors (Lipinski definition) is 0. The molecule has 0 N–H and O–H groups in total. The topological polar surface area (TPSA) is 65.7 Å². The highest BCUT2D eigenvalue weighted by Gasteiger charge is 2.29. The molecule has 2 aromatic rings. The zero-order chi connectivity index (χ0) is 18.7. The summed E-state index contributed by atoms with van der Waals surface area (Å²) in [5.74, 6) is 0.281. The molecule has 26 heavy (non-hydrogen) atoms. The minimum absolute atomic E-state index is 0.0737. The Labute approximate surface area is 164 Å². The summed E-state index contributed by atoms with van der Waals surface area (Å²) >= 11 is 9.31. The molecule has 0 radical (unpaired) electrons. The maximum absolute atomic E-state index is 12.8. The average molecular weight is 431 g/mol. The number of carbonyl (C=O) groups excluding carboxylic acids is 1. The number of nitriles is 1. The van der Waals surface area contributed by atoms with E-state index in [2.05, 4.69) is 21.0 Å². The first-order valence-electron chi connectivity index (χ1n) is 7.66. The normalized spacial score (nSPS) is 15.2. The van der Waals surface area contributed by atoms with Gasteiger partial charge in [-0.05, 0) is 55.5 Å². The van der Waals surface area contributed by atoms with Gasteiger partial charge in [-0.15, -0.1) is 0 Å². The van der Waals surface area contributed by atoms with E-state index < -0.39 is 0 Å². The lowest BCUT2D eigenvalue weighted by Gasteiger charge is -2.12. The van der Waals surface area contributed by atoms with Crippen LogP contribution in [0.15, 0.2) is 57.6 Å². The number of halogens is 2. The molecule has 0 unspecified atom stereocenters. The molecular formula is C19H13BrClN3O2. The van der Waals surface area contributed by atoms with Gasteiger partial charge in [-0.2, -0.15) is 15.4 Å². The largest absolute Gasteiger partial charge is 0.478 e. The summed E-state index contributed by atoms with van der Waals surface area (Å²) in [6, 6.07) is 14.2. The molecule has 7 heteroatoms. The van der Waals surface area contributed by atoms with Crippen LogP contribution in [-0.2, 0) is 4.79 Å². The van der Waals surface area contributed by atoms with E-state index in [9.17, 15) is 4.79 Å². The van der Waals surface area contributed by atoms with E-state index in [4.69, 9.17) is 21.6 Å². The summed E-state index contributed by atoms with van der Waals surface area (Å²) < 4.78 is 6.28. The van der Waals surface area contributed by atoms with Gasteiger partial charge >= 0.3 is 0 Å². The SMILES string of the molecule is CC1=NN(c2ccc(Cl)cc2)C(=O)/C1=C/c1cc(Br)ccc1OCC#N. The quantitative estimate of drug-likeness (QED) is 0.654. The first-order valence-corrected chi connectivity index (χ1v) is 8.83. The molecule has 0 aromatic heterocycles. The number of hydrogen-bond acceptors (Lipinski definition) is 4. The van der Waals surface area contributed by atoms with Crippen LogP contribution in [0.25, 0.3) is 6.08 Å². The smallest absolute Gasteiger partial charge is 0.280 e. The van der Waals surface area contributed by atoms with Crippen molar-refractivity contribution in [2.24, 2.45) is 5.10 Å². The lowest BCUT2D eigenvalue weighted by atomic mass is 10.1. The van der Waals surface area contributed by atoms with Gasteiger partial charge in [0.1, 0.15) is 11.8 Å². The van der Waals surface area contributed by atoms with Crippen LogP contribution in [0.2, 0.25) is 5.02 Å². The van der Waals surface area contributed by atoms with Gasteiger partial charge in [0.2, 0.25) is 0 Å². The Balaban J connectivity index is 1.96. The van der Waals surface area contributed by atoms with Crippen LogP contribution in [-0.4, -0.2) is 18.2 Å². The van der Waals surface area contributed by atoms with Crippen LogP contribution in [0.1, 0.15) is 12.5 Å². The average Bonchev–Trinajstić information content (AvgIpc) is 2.90. The van der Waals surface area contributed by atoms with Crippen LogP contribution in [0.4, 0.5) is 5.69 Å². The number of benzene rings is 2. The number of nitrogens with zero attached hydrogens (tertiary/aromatic N) is 3. The number of ether oxygens (including phenoxy) is 1. The van der Waals surface area contributed by atoms with E-state index in [-0.39, 0.29) is 12.5 Å². The van der Waals surface area contributed by atoms with Crippen molar-refractivity contribution in [2.75, 3.05) is 11.6 Å². The maximum Gasteiger partial charge on any atom is 0.280 e. The predicted octanol–water partition coefficient (Wildman–Crippen LogP) is 4.81. The van der Waals surface area contributed by atoms with E-state index in [1.54, 1.807) is 43.3 Å². The molecule has 0 saturated heterocycles. The molecule has 3 rings (SSSR count). The fourth-order valence-electron chi connectivity index (χ4n) is 2.47. The Morgan fingerprint density at radius 2 is 2.04 bits per heavy atom. The van der Waals surface area contributed by atoms with Crippen molar-refractivity contribution in [3.05, 3.63) is 63.1 Å². The molecule has 1 amide bonds. The fourth-order valence-corrected chi connectivity index (χ4v) is 2.98. The molecule has 0 spiro atoms. The van der Waals surface area contributed by atoms with E-state index in [1.165, 1.54) is 5.01 Å². The van der Waals surface area contributed by atoms with Crippen molar-refractivity contribution in [3.63, 3.8) is 0 Å². The predicted molar refractivity (Wildman–Crippen MR) is 105 cm³/mol. The van der Waals surface area contributed by atoms with Crippen LogP contribution >= 0.6 is 27.5 Å². The molecule has 0 aliphatic carbocycles. The monoisotopic (exact) mass is 429 g/mol. The lowest BCUT2D eigenvalue weighted by molar-refractivity contribution is -0.114. The third-order valence-electron chi connectivity index (χ3n) is 3.70. The summed E-state index contributed by atoms with van der Waals surface area (Å²) in [6.07, 6.45) is 1.72. The van der Waals surface area contributed by atoms with Crippen molar-refractivity contribution in [2.45, 2.75) is 6.92 Å². The first-order chi connectivity index (χ1) is 12.5. The third-order valence-corrected chi connectivity index (χ3v) is 4.44. The summed E-state index contributed by atoms with van der Waals surface area (Å²) in [5, 5.41) is 15.0. The molecule has 130 valence electrons. The summed E-state index contributed by atoms with van der Waals surface area (Å²) in [6.45, 7) is 1.70. The third kappa shape index (κ3) is 3.79. The van der Waals surface area contributed by atoms with Crippen LogP contribution in [0, 0.1) is 11.3 Å². The van der Waals surface area contributed by atoms with Crippen molar-refractivity contribution >= 4 is 50.9 Å². The molecule has 1 heterocycles. The van der Waals surface area contributed by atoms with E-state index in [1.807, 2.05) is 18.2 Å². The van der Waals surface area contributed by atoms with Crippen LogP contribution < -0.4 is 9.75 Å². The molecular weight excluding hydrogens is 418 g/mol. The van der Waals surface area contributed by atoms with Crippen molar-refractivity contribution in [1.82, 2.24) is 0 Å². The Morgan fingerprint density at radius 1 is 1.31 bits per heavy atom. The van der Waals surface area contributed by atoms with Gasteiger partial charge in [0.05, 0.1) is 17.0 Å². The molecule has 5 nitrogen and oxygen atoms in total. The second-order valence-electron chi connectivity index (χ2n) is 5.47. The first kappa shape index (κ1) is 18.2. The second kappa shape index (κ2) is 7.73. The lowest BCUT2D eigenvalue weighted by Crippen LogP contribution is -2.21. The zero-order valence-electron chi connectivity index (χ0n) is 13.7. The van der Waals surface area contributed by atoms with Crippen molar-refractivity contribution in [1.29, 1.82) is 5.26 Å². The highest BCUT2D eigenvalue weighted by molar-refractivity contribution is 9.10. The second-order valence-corrected chi connectivity index (χ2v) is 6.82.